The third-order valence-electron chi connectivity index (χ3n) is 4.13. The number of nitrogens with one attached hydrogen (secondary N) is 1. The van der Waals surface area contributed by atoms with Crippen LogP contribution in [0.4, 0.5) is 5.00 Å². The largest absolute Gasteiger partial charge is 0.466 e. The molecule has 1 amide bonds. The summed E-state index contributed by atoms with van der Waals surface area (Å²) in [6.07, 6.45) is 3.98. The number of hydrogen-bond acceptors (Lipinski definition) is 6. The number of rotatable bonds is 4. The SMILES string of the molecule is Cc1cc(C(=O)OCC(=O)Nc2sc3c(c2C#N)CCCC3)c(C)o1. The summed E-state index contributed by atoms with van der Waals surface area (Å²) in [5.74, 6) is 0.00846. The Hall–Kier alpha value is -2.59. The lowest BCUT2D eigenvalue weighted by Gasteiger charge is -2.09. The van der Waals surface area contributed by atoms with Gasteiger partial charge in [0.1, 0.15) is 28.2 Å². The summed E-state index contributed by atoms with van der Waals surface area (Å²) in [7, 11) is 0. The second-order valence-electron chi connectivity index (χ2n) is 5.98. The van der Waals surface area contributed by atoms with Crippen molar-refractivity contribution < 1.29 is 18.7 Å². The topological polar surface area (TPSA) is 92.3 Å². The van der Waals surface area contributed by atoms with E-state index < -0.39 is 18.5 Å². The molecular formula is C18H18N2O4S. The molecule has 0 radical (unpaired) electrons. The first kappa shape index (κ1) is 17.2. The minimum Gasteiger partial charge on any atom is -0.466 e. The van der Waals surface area contributed by atoms with E-state index in [4.69, 9.17) is 9.15 Å². The lowest BCUT2D eigenvalue weighted by molar-refractivity contribution is -0.119. The zero-order valence-electron chi connectivity index (χ0n) is 14.1. The molecule has 2 aromatic rings. The first-order valence-corrected chi connectivity index (χ1v) is 8.90. The van der Waals surface area contributed by atoms with Gasteiger partial charge in [0.2, 0.25) is 0 Å². The molecule has 2 aromatic heterocycles. The van der Waals surface area contributed by atoms with Crippen LogP contribution in [0.25, 0.3) is 0 Å². The number of aryl methyl sites for hydroxylation is 3. The van der Waals surface area contributed by atoms with Crippen LogP contribution >= 0.6 is 11.3 Å². The number of nitriles is 1. The third kappa shape index (κ3) is 3.59. The summed E-state index contributed by atoms with van der Waals surface area (Å²) in [6.45, 7) is 2.99. The van der Waals surface area contributed by atoms with Gasteiger partial charge in [0.15, 0.2) is 6.61 Å². The van der Waals surface area contributed by atoms with Crippen molar-refractivity contribution in [2.24, 2.45) is 0 Å². The molecule has 0 unspecified atom stereocenters. The molecule has 0 bridgehead atoms. The lowest BCUT2D eigenvalue weighted by Crippen LogP contribution is -2.21. The number of nitrogens with zero attached hydrogens (tertiary/aromatic N) is 1. The van der Waals surface area contributed by atoms with Gasteiger partial charge in [-0.2, -0.15) is 5.26 Å². The molecule has 0 aliphatic heterocycles. The van der Waals surface area contributed by atoms with Gasteiger partial charge in [-0.3, -0.25) is 4.79 Å². The number of ether oxygens (including phenoxy) is 1. The minimum atomic E-state index is -0.601. The normalized spacial score (nSPS) is 13.0. The highest BCUT2D eigenvalue weighted by molar-refractivity contribution is 7.16. The molecular weight excluding hydrogens is 340 g/mol. The number of hydrogen-bond donors (Lipinski definition) is 1. The summed E-state index contributed by atoms with van der Waals surface area (Å²) in [5, 5.41) is 12.6. The Balaban J connectivity index is 1.63. The van der Waals surface area contributed by atoms with Crippen LogP contribution in [0.5, 0.6) is 0 Å². The molecule has 7 heteroatoms. The van der Waals surface area contributed by atoms with E-state index >= 15 is 0 Å². The van der Waals surface area contributed by atoms with Crippen molar-refractivity contribution in [1.29, 1.82) is 5.26 Å². The number of carbonyl (C=O) groups excluding carboxylic acids is 2. The fourth-order valence-corrected chi connectivity index (χ4v) is 4.23. The van der Waals surface area contributed by atoms with Crippen molar-refractivity contribution in [3.63, 3.8) is 0 Å². The average molecular weight is 358 g/mol. The molecule has 2 heterocycles. The Labute approximate surface area is 149 Å². The smallest absolute Gasteiger partial charge is 0.342 e. The van der Waals surface area contributed by atoms with Crippen LogP contribution in [-0.2, 0) is 22.4 Å². The van der Waals surface area contributed by atoms with E-state index in [0.717, 1.165) is 31.2 Å². The lowest BCUT2D eigenvalue weighted by atomic mass is 9.96. The monoisotopic (exact) mass is 358 g/mol. The minimum absolute atomic E-state index is 0.314. The second kappa shape index (κ2) is 7.11. The van der Waals surface area contributed by atoms with E-state index in [1.54, 1.807) is 19.9 Å². The molecule has 1 aliphatic carbocycles. The predicted octanol–water partition coefficient (Wildman–Crippen LogP) is 3.50. The molecule has 1 aliphatic rings. The third-order valence-corrected chi connectivity index (χ3v) is 5.34. The number of thiophene rings is 1. The number of furan rings is 1. The molecule has 0 saturated heterocycles. The van der Waals surface area contributed by atoms with E-state index in [9.17, 15) is 14.9 Å². The Morgan fingerprint density at radius 2 is 2.12 bits per heavy atom. The quantitative estimate of drug-likeness (QED) is 0.845. The van der Waals surface area contributed by atoms with Crippen molar-refractivity contribution in [1.82, 2.24) is 0 Å². The number of fused-ring (bicyclic) bond motifs is 1. The first-order chi connectivity index (χ1) is 12.0. The molecule has 0 spiro atoms. The first-order valence-electron chi connectivity index (χ1n) is 8.08. The maximum absolute atomic E-state index is 12.1. The standard InChI is InChI=1S/C18H18N2O4S/c1-10-7-13(11(2)24-10)18(22)23-9-16(21)20-17-14(8-19)12-5-3-4-6-15(12)25-17/h7H,3-6,9H2,1-2H3,(H,20,21). The summed E-state index contributed by atoms with van der Waals surface area (Å²) in [6, 6.07) is 3.77. The van der Waals surface area contributed by atoms with Crippen molar-refractivity contribution in [2.45, 2.75) is 39.5 Å². The summed E-state index contributed by atoms with van der Waals surface area (Å²) in [5.41, 5.74) is 1.91. The fraction of sp³-hybridized carbons (Fsp3) is 0.389. The molecule has 0 saturated carbocycles. The highest BCUT2D eigenvalue weighted by Gasteiger charge is 2.22. The van der Waals surface area contributed by atoms with Crippen LogP contribution in [0.2, 0.25) is 0 Å². The average Bonchev–Trinajstić information content (AvgIpc) is 3.11. The molecule has 25 heavy (non-hydrogen) atoms. The van der Waals surface area contributed by atoms with Crippen molar-refractivity contribution in [3.8, 4) is 6.07 Å². The van der Waals surface area contributed by atoms with Gasteiger partial charge in [0, 0.05) is 4.88 Å². The molecule has 3 rings (SSSR count). The number of amides is 1. The molecule has 1 N–H and O–H groups in total. The van der Waals surface area contributed by atoms with Crippen molar-refractivity contribution in [3.05, 3.63) is 39.2 Å². The van der Waals surface area contributed by atoms with Crippen LogP contribution in [0.1, 0.15) is 50.7 Å². The van der Waals surface area contributed by atoms with E-state index in [0.29, 0.717) is 27.6 Å². The Morgan fingerprint density at radius 1 is 1.36 bits per heavy atom. The number of carbonyl (C=O) groups is 2. The van der Waals surface area contributed by atoms with Crippen LogP contribution in [-0.4, -0.2) is 18.5 Å². The molecule has 6 nitrogen and oxygen atoms in total. The van der Waals surface area contributed by atoms with E-state index in [1.807, 2.05) is 0 Å². The van der Waals surface area contributed by atoms with Crippen LogP contribution < -0.4 is 5.32 Å². The summed E-state index contributed by atoms with van der Waals surface area (Å²) >= 11 is 1.44. The predicted molar refractivity (Wildman–Crippen MR) is 92.8 cm³/mol. The highest BCUT2D eigenvalue weighted by Crippen LogP contribution is 2.37. The maximum Gasteiger partial charge on any atom is 0.342 e. The molecule has 130 valence electrons. The van der Waals surface area contributed by atoms with Crippen molar-refractivity contribution in [2.75, 3.05) is 11.9 Å². The Morgan fingerprint density at radius 3 is 2.80 bits per heavy atom. The Kier molecular flexibility index (Phi) is 4.91. The van der Waals surface area contributed by atoms with E-state index in [1.165, 1.54) is 16.2 Å². The molecule has 0 atom stereocenters. The number of anilines is 1. The fourth-order valence-electron chi connectivity index (χ4n) is 2.98. The van der Waals surface area contributed by atoms with Gasteiger partial charge in [-0.25, -0.2) is 4.79 Å². The van der Waals surface area contributed by atoms with Gasteiger partial charge in [0.05, 0.1) is 5.56 Å². The van der Waals surface area contributed by atoms with Gasteiger partial charge in [-0.05, 0) is 51.2 Å². The zero-order valence-corrected chi connectivity index (χ0v) is 14.9. The summed E-state index contributed by atoms with van der Waals surface area (Å²) < 4.78 is 10.3. The molecule has 0 aromatic carbocycles. The highest BCUT2D eigenvalue weighted by atomic mass is 32.1. The van der Waals surface area contributed by atoms with Gasteiger partial charge in [-0.1, -0.05) is 0 Å². The van der Waals surface area contributed by atoms with Gasteiger partial charge >= 0.3 is 5.97 Å². The van der Waals surface area contributed by atoms with E-state index in [-0.39, 0.29) is 0 Å². The van der Waals surface area contributed by atoms with Crippen molar-refractivity contribution >= 4 is 28.2 Å². The van der Waals surface area contributed by atoms with Gasteiger partial charge in [-0.15, -0.1) is 11.3 Å². The van der Waals surface area contributed by atoms with Crippen LogP contribution in [0.3, 0.4) is 0 Å². The second-order valence-corrected chi connectivity index (χ2v) is 7.08. The van der Waals surface area contributed by atoms with Crippen LogP contribution in [0.15, 0.2) is 10.5 Å². The summed E-state index contributed by atoms with van der Waals surface area (Å²) in [4.78, 5) is 25.3. The van der Waals surface area contributed by atoms with Gasteiger partial charge < -0.3 is 14.5 Å². The Bertz CT molecular complexity index is 873. The number of esters is 1. The molecule has 0 fully saturated rings. The van der Waals surface area contributed by atoms with Crippen LogP contribution in [0, 0.1) is 25.2 Å². The van der Waals surface area contributed by atoms with E-state index in [2.05, 4.69) is 11.4 Å². The zero-order chi connectivity index (χ0) is 18.0. The maximum atomic E-state index is 12.1. The van der Waals surface area contributed by atoms with Gasteiger partial charge in [0.25, 0.3) is 5.91 Å².